The van der Waals surface area contributed by atoms with E-state index in [1.54, 1.807) is 0 Å². The van der Waals surface area contributed by atoms with Crippen LogP contribution in [0.2, 0.25) is 0 Å². The van der Waals surface area contributed by atoms with Crippen molar-refractivity contribution in [3.05, 3.63) is 17.7 Å². The second kappa shape index (κ2) is 4.26. The van der Waals surface area contributed by atoms with E-state index in [0.29, 0.717) is 0 Å². The molecular formula is C9H16N2O. The highest BCUT2D eigenvalue weighted by molar-refractivity contribution is 5.08. The molecule has 0 aliphatic carbocycles. The molecule has 0 atom stereocenters. The molecule has 1 N–H and O–H groups in total. The molecular weight excluding hydrogens is 152 g/mol. The number of aromatic nitrogens is 2. The molecule has 0 amide bonds. The van der Waals surface area contributed by atoms with E-state index in [0.717, 1.165) is 25.1 Å². The maximum absolute atomic E-state index is 8.59. The molecule has 3 nitrogen and oxygen atoms in total. The van der Waals surface area contributed by atoms with Crippen molar-refractivity contribution < 1.29 is 5.11 Å². The normalized spacial score (nSPS) is 10.6. The van der Waals surface area contributed by atoms with Gasteiger partial charge in [-0.1, -0.05) is 0 Å². The molecule has 0 saturated carbocycles. The highest BCUT2D eigenvalue weighted by Crippen LogP contribution is 2.05. The van der Waals surface area contributed by atoms with Crippen LogP contribution in [0.3, 0.4) is 0 Å². The van der Waals surface area contributed by atoms with Gasteiger partial charge < -0.3 is 9.67 Å². The van der Waals surface area contributed by atoms with Gasteiger partial charge in [0.2, 0.25) is 0 Å². The van der Waals surface area contributed by atoms with Crippen LogP contribution in [-0.2, 0) is 6.54 Å². The van der Waals surface area contributed by atoms with Crippen molar-refractivity contribution in [2.24, 2.45) is 0 Å². The smallest absolute Gasteiger partial charge is 0.0951 e. The Balaban J connectivity index is 2.46. The van der Waals surface area contributed by atoms with Crippen molar-refractivity contribution in [3.8, 4) is 0 Å². The van der Waals surface area contributed by atoms with Crippen molar-refractivity contribution in [2.45, 2.75) is 33.2 Å². The van der Waals surface area contributed by atoms with Crippen LogP contribution >= 0.6 is 0 Å². The highest BCUT2D eigenvalue weighted by Gasteiger charge is 2.00. The zero-order valence-electron chi connectivity index (χ0n) is 7.75. The number of hydrogen-bond donors (Lipinski definition) is 1. The summed E-state index contributed by atoms with van der Waals surface area (Å²) < 4.78 is 2.13. The Bertz CT molecular complexity index is 243. The molecule has 1 rings (SSSR count). The molecule has 0 aromatic carbocycles. The second-order valence-corrected chi connectivity index (χ2v) is 3.04. The molecule has 12 heavy (non-hydrogen) atoms. The van der Waals surface area contributed by atoms with E-state index in [2.05, 4.69) is 16.5 Å². The van der Waals surface area contributed by atoms with Crippen LogP contribution in [0.15, 0.2) is 6.33 Å². The lowest BCUT2D eigenvalue weighted by Gasteiger charge is -2.03. The summed E-state index contributed by atoms with van der Waals surface area (Å²) in [4.78, 5) is 4.20. The minimum Gasteiger partial charge on any atom is -0.396 e. The van der Waals surface area contributed by atoms with Crippen LogP contribution in [-0.4, -0.2) is 21.3 Å². The summed E-state index contributed by atoms with van der Waals surface area (Å²) >= 11 is 0. The number of aliphatic hydroxyl groups is 1. The van der Waals surface area contributed by atoms with Gasteiger partial charge in [-0.2, -0.15) is 0 Å². The maximum atomic E-state index is 8.59. The van der Waals surface area contributed by atoms with E-state index in [4.69, 9.17) is 5.11 Å². The maximum Gasteiger partial charge on any atom is 0.0951 e. The first kappa shape index (κ1) is 9.26. The number of aliphatic hydroxyl groups excluding tert-OH is 1. The molecule has 0 aliphatic rings. The van der Waals surface area contributed by atoms with Crippen molar-refractivity contribution in [2.75, 3.05) is 6.61 Å². The monoisotopic (exact) mass is 168 g/mol. The number of hydrogen-bond acceptors (Lipinski definition) is 2. The summed E-state index contributed by atoms with van der Waals surface area (Å²) in [6.07, 6.45) is 3.76. The SMILES string of the molecule is Cc1ncn(CCCCO)c1C. The number of unbranched alkanes of at least 4 members (excludes halogenated alkanes) is 1. The van der Waals surface area contributed by atoms with Gasteiger partial charge in [0.25, 0.3) is 0 Å². The Morgan fingerprint density at radius 2 is 2.17 bits per heavy atom. The van der Waals surface area contributed by atoms with E-state index >= 15 is 0 Å². The van der Waals surface area contributed by atoms with Crippen molar-refractivity contribution in [1.82, 2.24) is 9.55 Å². The van der Waals surface area contributed by atoms with Gasteiger partial charge in [-0.05, 0) is 26.7 Å². The minimum atomic E-state index is 0.284. The largest absolute Gasteiger partial charge is 0.396 e. The summed E-state index contributed by atoms with van der Waals surface area (Å²) in [5.41, 5.74) is 2.33. The quantitative estimate of drug-likeness (QED) is 0.687. The topological polar surface area (TPSA) is 38.0 Å². The molecule has 68 valence electrons. The molecule has 0 saturated heterocycles. The molecule has 0 unspecified atom stereocenters. The van der Waals surface area contributed by atoms with Crippen molar-refractivity contribution in [3.63, 3.8) is 0 Å². The van der Waals surface area contributed by atoms with Gasteiger partial charge in [0, 0.05) is 18.8 Å². The fourth-order valence-electron chi connectivity index (χ4n) is 1.16. The average molecular weight is 168 g/mol. The highest BCUT2D eigenvalue weighted by atomic mass is 16.2. The van der Waals surface area contributed by atoms with E-state index in [1.165, 1.54) is 5.69 Å². The Morgan fingerprint density at radius 3 is 2.67 bits per heavy atom. The van der Waals surface area contributed by atoms with Gasteiger partial charge in [0.1, 0.15) is 0 Å². The average Bonchev–Trinajstić information content (AvgIpc) is 2.36. The van der Waals surface area contributed by atoms with Gasteiger partial charge in [0.05, 0.1) is 12.0 Å². The summed E-state index contributed by atoms with van der Waals surface area (Å²) in [5, 5.41) is 8.59. The minimum absolute atomic E-state index is 0.284. The van der Waals surface area contributed by atoms with Crippen LogP contribution in [0.5, 0.6) is 0 Å². The third-order valence-corrected chi connectivity index (χ3v) is 2.15. The molecule has 0 fully saturated rings. The number of aryl methyl sites for hydroxylation is 2. The fourth-order valence-corrected chi connectivity index (χ4v) is 1.16. The fraction of sp³-hybridized carbons (Fsp3) is 0.667. The predicted molar refractivity (Wildman–Crippen MR) is 48.0 cm³/mol. The van der Waals surface area contributed by atoms with E-state index < -0.39 is 0 Å². The molecule has 1 aromatic rings. The molecule has 0 aliphatic heterocycles. The second-order valence-electron chi connectivity index (χ2n) is 3.04. The van der Waals surface area contributed by atoms with Gasteiger partial charge >= 0.3 is 0 Å². The lowest BCUT2D eigenvalue weighted by molar-refractivity contribution is 0.281. The third-order valence-electron chi connectivity index (χ3n) is 2.15. The summed E-state index contributed by atoms with van der Waals surface area (Å²) in [6.45, 7) is 5.33. The molecule has 1 heterocycles. The summed E-state index contributed by atoms with van der Waals surface area (Å²) in [6, 6.07) is 0. The number of nitrogens with zero attached hydrogens (tertiary/aromatic N) is 2. The molecule has 0 spiro atoms. The van der Waals surface area contributed by atoms with E-state index in [9.17, 15) is 0 Å². The molecule has 0 radical (unpaired) electrons. The van der Waals surface area contributed by atoms with Gasteiger partial charge in [-0.3, -0.25) is 0 Å². The van der Waals surface area contributed by atoms with E-state index in [1.807, 2.05) is 13.3 Å². The number of rotatable bonds is 4. The lowest BCUT2D eigenvalue weighted by Crippen LogP contribution is -1.99. The molecule has 1 aromatic heterocycles. The zero-order chi connectivity index (χ0) is 8.97. The Labute approximate surface area is 73.1 Å². The van der Waals surface area contributed by atoms with Gasteiger partial charge in [0.15, 0.2) is 0 Å². The molecule has 0 bridgehead atoms. The standard InChI is InChI=1S/C9H16N2O/c1-8-9(2)11(7-10-8)5-3-4-6-12/h7,12H,3-6H2,1-2H3. The predicted octanol–water partition coefficient (Wildman–Crippen LogP) is 1.27. The number of imidazole rings is 1. The van der Waals surface area contributed by atoms with Gasteiger partial charge in [-0.15, -0.1) is 0 Å². The van der Waals surface area contributed by atoms with Crippen molar-refractivity contribution >= 4 is 0 Å². The van der Waals surface area contributed by atoms with Crippen LogP contribution < -0.4 is 0 Å². The third kappa shape index (κ3) is 2.08. The first-order chi connectivity index (χ1) is 5.75. The van der Waals surface area contributed by atoms with Crippen molar-refractivity contribution in [1.29, 1.82) is 0 Å². The van der Waals surface area contributed by atoms with Crippen LogP contribution in [0.4, 0.5) is 0 Å². The lowest BCUT2D eigenvalue weighted by atomic mass is 10.3. The Hall–Kier alpha value is -0.830. The first-order valence-corrected chi connectivity index (χ1v) is 4.35. The molecule has 3 heteroatoms. The van der Waals surface area contributed by atoms with Gasteiger partial charge in [-0.25, -0.2) is 4.98 Å². The first-order valence-electron chi connectivity index (χ1n) is 4.35. The summed E-state index contributed by atoms with van der Waals surface area (Å²) in [5.74, 6) is 0. The van der Waals surface area contributed by atoms with E-state index in [-0.39, 0.29) is 6.61 Å². The Morgan fingerprint density at radius 1 is 1.42 bits per heavy atom. The van der Waals surface area contributed by atoms with Crippen LogP contribution in [0.25, 0.3) is 0 Å². The summed E-state index contributed by atoms with van der Waals surface area (Å²) in [7, 11) is 0. The van der Waals surface area contributed by atoms with Crippen LogP contribution in [0, 0.1) is 13.8 Å². The Kier molecular flexibility index (Phi) is 3.29. The zero-order valence-corrected chi connectivity index (χ0v) is 7.75. The van der Waals surface area contributed by atoms with Crippen LogP contribution in [0.1, 0.15) is 24.2 Å².